The molecule has 0 bridgehead atoms. The zero-order valence-electron chi connectivity index (χ0n) is 14.9. The summed E-state index contributed by atoms with van der Waals surface area (Å²) in [4.78, 5) is 36.0. The summed E-state index contributed by atoms with van der Waals surface area (Å²) in [5.74, 6) is -1.03. The molecule has 0 aliphatic carbocycles. The summed E-state index contributed by atoms with van der Waals surface area (Å²) in [6, 6.07) is 11.7. The summed E-state index contributed by atoms with van der Waals surface area (Å²) in [5.41, 5.74) is 2.54. The Bertz CT molecular complexity index is 848. The first kappa shape index (κ1) is 19.1. The van der Waals surface area contributed by atoms with E-state index in [1.54, 1.807) is 7.05 Å². The van der Waals surface area contributed by atoms with Gasteiger partial charge in [0.25, 0.3) is 11.6 Å². The van der Waals surface area contributed by atoms with E-state index in [9.17, 15) is 19.7 Å². The number of likely N-dealkylation sites (N-methyl/N-ethyl adjacent to an activating group) is 1. The van der Waals surface area contributed by atoms with Crippen molar-refractivity contribution in [3.8, 4) is 0 Å². The highest BCUT2D eigenvalue weighted by Crippen LogP contribution is 2.19. The Hall–Kier alpha value is -3.22. The van der Waals surface area contributed by atoms with E-state index in [2.05, 4.69) is 0 Å². The molecule has 0 fully saturated rings. The van der Waals surface area contributed by atoms with Crippen LogP contribution in [0.3, 0.4) is 0 Å². The first-order valence-electron chi connectivity index (χ1n) is 8.00. The van der Waals surface area contributed by atoms with Gasteiger partial charge >= 0.3 is 5.97 Å². The zero-order valence-corrected chi connectivity index (χ0v) is 14.9. The fourth-order valence-electron chi connectivity index (χ4n) is 2.44. The lowest BCUT2D eigenvalue weighted by Crippen LogP contribution is -2.31. The SMILES string of the molecule is Cc1ccccc1CN(C)C(=O)COC(=O)c1ccc([N+](=O)[O-])c(C)c1. The third kappa shape index (κ3) is 4.66. The molecule has 2 aromatic rings. The van der Waals surface area contributed by atoms with Gasteiger partial charge in [0.05, 0.1) is 10.5 Å². The highest BCUT2D eigenvalue weighted by molar-refractivity contribution is 5.91. The van der Waals surface area contributed by atoms with Crippen molar-refractivity contribution < 1.29 is 19.2 Å². The number of benzene rings is 2. The summed E-state index contributed by atoms with van der Waals surface area (Å²) in [5, 5.41) is 10.8. The summed E-state index contributed by atoms with van der Waals surface area (Å²) >= 11 is 0. The van der Waals surface area contributed by atoms with Crippen LogP contribution in [0.1, 0.15) is 27.0 Å². The van der Waals surface area contributed by atoms with E-state index in [0.29, 0.717) is 12.1 Å². The van der Waals surface area contributed by atoms with Crippen LogP contribution in [-0.4, -0.2) is 35.4 Å². The molecule has 0 unspecified atom stereocenters. The van der Waals surface area contributed by atoms with Gasteiger partial charge in [0, 0.05) is 25.2 Å². The second-order valence-electron chi connectivity index (χ2n) is 6.01. The normalized spacial score (nSPS) is 10.3. The van der Waals surface area contributed by atoms with Crippen molar-refractivity contribution in [3.63, 3.8) is 0 Å². The molecule has 26 heavy (non-hydrogen) atoms. The molecule has 0 aliphatic heterocycles. The molecule has 2 aromatic carbocycles. The Labute approximate surface area is 151 Å². The van der Waals surface area contributed by atoms with Crippen LogP contribution < -0.4 is 0 Å². The Morgan fingerprint density at radius 2 is 1.81 bits per heavy atom. The lowest BCUT2D eigenvalue weighted by molar-refractivity contribution is -0.385. The molecule has 0 atom stereocenters. The van der Waals surface area contributed by atoms with Crippen molar-refractivity contribution >= 4 is 17.6 Å². The van der Waals surface area contributed by atoms with Crippen LogP contribution in [-0.2, 0) is 16.1 Å². The lowest BCUT2D eigenvalue weighted by atomic mass is 10.1. The van der Waals surface area contributed by atoms with Gasteiger partial charge in [-0.1, -0.05) is 24.3 Å². The van der Waals surface area contributed by atoms with E-state index in [1.165, 1.54) is 30.0 Å². The Morgan fingerprint density at radius 3 is 2.42 bits per heavy atom. The van der Waals surface area contributed by atoms with Gasteiger partial charge in [-0.15, -0.1) is 0 Å². The predicted octanol–water partition coefficient (Wildman–Crippen LogP) is 3.03. The number of amides is 1. The molecule has 0 radical (unpaired) electrons. The molecule has 136 valence electrons. The Balaban J connectivity index is 1.94. The van der Waals surface area contributed by atoms with Gasteiger partial charge in [-0.3, -0.25) is 14.9 Å². The number of carbonyl (C=O) groups excluding carboxylic acids is 2. The molecular weight excluding hydrogens is 336 g/mol. The molecule has 1 amide bonds. The number of rotatable bonds is 6. The summed E-state index contributed by atoms with van der Waals surface area (Å²) in [6.07, 6.45) is 0. The third-order valence-electron chi connectivity index (χ3n) is 4.05. The quantitative estimate of drug-likeness (QED) is 0.451. The molecular formula is C19H20N2O5. The number of nitrogens with zero attached hydrogens (tertiary/aromatic N) is 2. The van der Waals surface area contributed by atoms with E-state index in [1.807, 2.05) is 31.2 Å². The highest BCUT2D eigenvalue weighted by Gasteiger charge is 2.17. The molecule has 7 nitrogen and oxygen atoms in total. The van der Waals surface area contributed by atoms with E-state index in [0.717, 1.165) is 11.1 Å². The van der Waals surface area contributed by atoms with Crippen LogP contribution in [0.25, 0.3) is 0 Å². The van der Waals surface area contributed by atoms with Crippen molar-refractivity contribution in [2.75, 3.05) is 13.7 Å². The summed E-state index contributed by atoms with van der Waals surface area (Å²) in [6.45, 7) is 3.53. The number of aryl methyl sites for hydroxylation is 2. The average molecular weight is 356 g/mol. The molecule has 0 N–H and O–H groups in total. The largest absolute Gasteiger partial charge is 0.452 e. The topological polar surface area (TPSA) is 89.8 Å². The number of nitro benzene ring substituents is 1. The number of hydrogen-bond acceptors (Lipinski definition) is 5. The smallest absolute Gasteiger partial charge is 0.338 e. The van der Waals surface area contributed by atoms with Crippen LogP contribution in [0.15, 0.2) is 42.5 Å². The molecule has 0 saturated carbocycles. The number of carbonyl (C=O) groups is 2. The second-order valence-corrected chi connectivity index (χ2v) is 6.01. The minimum absolute atomic E-state index is 0.0735. The van der Waals surface area contributed by atoms with E-state index >= 15 is 0 Å². The second kappa shape index (κ2) is 8.24. The van der Waals surface area contributed by atoms with Gasteiger partial charge in [0.15, 0.2) is 6.61 Å². The molecule has 2 rings (SSSR count). The average Bonchev–Trinajstić information content (AvgIpc) is 2.60. The number of ether oxygens (including phenoxy) is 1. The molecule has 0 spiro atoms. The maximum absolute atomic E-state index is 12.2. The molecule has 0 heterocycles. The lowest BCUT2D eigenvalue weighted by Gasteiger charge is -2.18. The Morgan fingerprint density at radius 1 is 1.12 bits per heavy atom. The number of esters is 1. The zero-order chi connectivity index (χ0) is 19.3. The fourth-order valence-corrected chi connectivity index (χ4v) is 2.44. The van der Waals surface area contributed by atoms with E-state index in [-0.39, 0.29) is 17.2 Å². The summed E-state index contributed by atoms with van der Waals surface area (Å²) in [7, 11) is 1.64. The Kier molecular flexibility index (Phi) is 6.06. The van der Waals surface area contributed by atoms with Gasteiger partial charge in [0.2, 0.25) is 0 Å². The molecule has 0 saturated heterocycles. The predicted molar refractivity (Wildman–Crippen MR) is 95.8 cm³/mol. The van der Waals surface area contributed by atoms with E-state index in [4.69, 9.17) is 4.74 Å². The first-order chi connectivity index (χ1) is 12.3. The third-order valence-corrected chi connectivity index (χ3v) is 4.05. The van der Waals surface area contributed by atoms with Crippen molar-refractivity contribution in [3.05, 3.63) is 74.8 Å². The monoisotopic (exact) mass is 356 g/mol. The van der Waals surface area contributed by atoms with Crippen LogP contribution >= 0.6 is 0 Å². The first-order valence-corrected chi connectivity index (χ1v) is 8.00. The molecule has 0 aliphatic rings. The number of hydrogen-bond donors (Lipinski definition) is 0. The van der Waals surface area contributed by atoms with Gasteiger partial charge in [-0.25, -0.2) is 4.79 Å². The summed E-state index contributed by atoms with van der Waals surface area (Å²) < 4.78 is 5.03. The van der Waals surface area contributed by atoms with Gasteiger partial charge in [-0.2, -0.15) is 0 Å². The van der Waals surface area contributed by atoms with Crippen LogP contribution in [0.4, 0.5) is 5.69 Å². The number of nitro groups is 1. The van der Waals surface area contributed by atoms with Crippen molar-refractivity contribution in [2.24, 2.45) is 0 Å². The van der Waals surface area contributed by atoms with Crippen LogP contribution in [0.2, 0.25) is 0 Å². The van der Waals surface area contributed by atoms with Crippen molar-refractivity contribution in [1.82, 2.24) is 4.90 Å². The van der Waals surface area contributed by atoms with E-state index < -0.39 is 17.5 Å². The van der Waals surface area contributed by atoms with Gasteiger partial charge < -0.3 is 9.64 Å². The standard InChI is InChI=1S/C19H20N2O5/c1-13-6-4-5-7-16(13)11-20(3)18(22)12-26-19(23)15-8-9-17(21(24)25)14(2)10-15/h4-10H,11-12H2,1-3H3. The van der Waals surface area contributed by atoms with Crippen LogP contribution in [0.5, 0.6) is 0 Å². The minimum atomic E-state index is -0.694. The maximum atomic E-state index is 12.2. The maximum Gasteiger partial charge on any atom is 0.338 e. The minimum Gasteiger partial charge on any atom is -0.452 e. The van der Waals surface area contributed by atoms with Crippen LogP contribution in [0, 0.1) is 24.0 Å². The van der Waals surface area contributed by atoms with Crippen molar-refractivity contribution in [2.45, 2.75) is 20.4 Å². The highest BCUT2D eigenvalue weighted by atomic mass is 16.6. The van der Waals surface area contributed by atoms with Gasteiger partial charge in [0.1, 0.15) is 0 Å². The molecule has 0 aromatic heterocycles. The molecule has 7 heteroatoms. The van der Waals surface area contributed by atoms with Crippen molar-refractivity contribution in [1.29, 1.82) is 0 Å². The van der Waals surface area contributed by atoms with Gasteiger partial charge in [-0.05, 0) is 37.1 Å². The fraction of sp³-hybridized carbons (Fsp3) is 0.263.